The predicted octanol–water partition coefficient (Wildman–Crippen LogP) is 0.937. The highest BCUT2D eigenvalue weighted by Crippen LogP contribution is 2.23. The normalized spacial score (nSPS) is 26.7. The molecule has 156 valence electrons. The molecular weight excluding hydrogens is 378 g/mol. The van der Waals surface area contributed by atoms with Crippen molar-refractivity contribution >= 4 is 6.09 Å². The molecule has 4 N–H and O–H groups in total. The highest BCUT2D eigenvalue weighted by molar-refractivity contribution is 5.67. The number of hydrogen-bond acceptors (Lipinski definition) is 7. The lowest BCUT2D eigenvalue weighted by Crippen LogP contribution is -2.64. The number of benzene rings is 2. The summed E-state index contributed by atoms with van der Waals surface area (Å²) < 4.78 is 16.5. The predicted molar refractivity (Wildman–Crippen MR) is 103 cm³/mol. The largest absolute Gasteiger partial charge is 0.445 e. The number of ether oxygens (including phenoxy) is 3. The molecule has 1 fully saturated rings. The Morgan fingerprint density at radius 2 is 1.52 bits per heavy atom. The van der Waals surface area contributed by atoms with Crippen LogP contribution in [-0.4, -0.2) is 58.7 Å². The zero-order chi connectivity index (χ0) is 20.6. The van der Waals surface area contributed by atoms with E-state index in [9.17, 15) is 20.1 Å². The first kappa shape index (κ1) is 21.2. The summed E-state index contributed by atoms with van der Waals surface area (Å²) in [6.45, 7) is -0.300. The highest BCUT2D eigenvalue weighted by atomic mass is 16.7. The zero-order valence-electron chi connectivity index (χ0n) is 15.8. The van der Waals surface area contributed by atoms with Gasteiger partial charge in [0.1, 0.15) is 31.0 Å². The number of aliphatic hydroxyl groups excluding tert-OH is 3. The van der Waals surface area contributed by atoms with Crippen LogP contribution in [0.15, 0.2) is 60.7 Å². The molecule has 2 aromatic carbocycles. The van der Waals surface area contributed by atoms with E-state index in [0.717, 1.165) is 11.1 Å². The first-order chi connectivity index (χ1) is 14.1. The smallest absolute Gasteiger partial charge is 0.407 e. The summed E-state index contributed by atoms with van der Waals surface area (Å²) in [6.07, 6.45) is -5.72. The van der Waals surface area contributed by atoms with Gasteiger partial charge in [-0.3, -0.25) is 0 Å². The standard InChI is InChI=1S/C21H25NO7/c23-11-16-18(24)19(25)17(20(29-16)27-12-14-7-3-1-4-8-14)22-21(26)28-13-15-9-5-2-6-10-15/h1-10,16-20,23-25H,11-13H2,(H,22,26). The lowest BCUT2D eigenvalue weighted by molar-refractivity contribution is -0.273. The maximum Gasteiger partial charge on any atom is 0.407 e. The van der Waals surface area contributed by atoms with E-state index in [1.165, 1.54) is 0 Å². The minimum atomic E-state index is -1.41. The van der Waals surface area contributed by atoms with Gasteiger partial charge in [-0.05, 0) is 11.1 Å². The van der Waals surface area contributed by atoms with Gasteiger partial charge in [0.25, 0.3) is 0 Å². The van der Waals surface area contributed by atoms with E-state index in [4.69, 9.17) is 14.2 Å². The second-order valence-electron chi connectivity index (χ2n) is 6.74. The minimum Gasteiger partial charge on any atom is -0.445 e. The Hall–Kier alpha value is -2.49. The quantitative estimate of drug-likeness (QED) is 0.543. The van der Waals surface area contributed by atoms with Crippen LogP contribution in [-0.2, 0) is 27.4 Å². The van der Waals surface area contributed by atoms with Crippen LogP contribution in [0.5, 0.6) is 0 Å². The van der Waals surface area contributed by atoms with Crippen molar-refractivity contribution in [1.29, 1.82) is 0 Å². The van der Waals surface area contributed by atoms with E-state index >= 15 is 0 Å². The van der Waals surface area contributed by atoms with Gasteiger partial charge in [0, 0.05) is 0 Å². The number of aliphatic hydroxyl groups is 3. The number of alkyl carbamates (subject to hydrolysis) is 1. The van der Waals surface area contributed by atoms with E-state index < -0.39 is 43.3 Å². The van der Waals surface area contributed by atoms with Crippen LogP contribution in [0.1, 0.15) is 11.1 Å². The van der Waals surface area contributed by atoms with Gasteiger partial charge in [0.15, 0.2) is 6.29 Å². The fraction of sp³-hybridized carbons (Fsp3) is 0.381. The Balaban J connectivity index is 1.63. The van der Waals surface area contributed by atoms with Crippen LogP contribution in [0.3, 0.4) is 0 Å². The third kappa shape index (κ3) is 5.75. The van der Waals surface area contributed by atoms with Crippen molar-refractivity contribution in [2.75, 3.05) is 6.61 Å². The van der Waals surface area contributed by atoms with E-state index in [0.29, 0.717) is 0 Å². The average Bonchev–Trinajstić information content (AvgIpc) is 2.76. The summed E-state index contributed by atoms with van der Waals surface area (Å²) in [5.74, 6) is 0. The highest BCUT2D eigenvalue weighted by Gasteiger charge is 2.45. The van der Waals surface area contributed by atoms with E-state index in [1.807, 2.05) is 60.7 Å². The second kappa shape index (κ2) is 10.3. The van der Waals surface area contributed by atoms with Crippen molar-refractivity contribution in [2.45, 2.75) is 43.9 Å². The van der Waals surface area contributed by atoms with Crippen LogP contribution < -0.4 is 5.32 Å². The summed E-state index contributed by atoms with van der Waals surface area (Å²) in [6, 6.07) is 17.3. The van der Waals surface area contributed by atoms with E-state index in [-0.39, 0.29) is 13.2 Å². The molecule has 5 unspecified atom stereocenters. The van der Waals surface area contributed by atoms with Crippen molar-refractivity contribution in [2.24, 2.45) is 0 Å². The molecule has 2 aromatic rings. The number of nitrogens with one attached hydrogen (secondary N) is 1. The summed E-state index contributed by atoms with van der Waals surface area (Å²) in [5.41, 5.74) is 1.67. The zero-order valence-corrected chi connectivity index (χ0v) is 15.8. The van der Waals surface area contributed by atoms with Crippen LogP contribution in [0.2, 0.25) is 0 Å². The van der Waals surface area contributed by atoms with Gasteiger partial charge in [0.2, 0.25) is 0 Å². The fourth-order valence-electron chi connectivity index (χ4n) is 3.03. The molecule has 0 radical (unpaired) electrons. The van der Waals surface area contributed by atoms with Crippen LogP contribution >= 0.6 is 0 Å². The summed E-state index contributed by atoms with van der Waals surface area (Å²) >= 11 is 0. The SMILES string of the molecule is O=C(NC1C(OCc2ccccc2)OC(CO)C(O)C1O)OCc1ccccc1. The number of rotatable bonds is 7. The average molecular weight is 403 g/mol. The minimum absolute atomic E-state index is 0.0493. The molecule has 1 aliphatic rings. The maximum absolute atomic E-state index is 12.2. The lowest BCUT2D eigenvalue weighted by atomic mass is 9.97. The molecule has 8 nitrogen and oxygen atoms in total. The van der Waals surface area contributed by atoms with Gasteiger partial charge in [-0.2, -0.15) is 0 Å². The first-order valence-electron chi connectivity index (χ1n) is 9.33. The second-order valence-corrected chi connectivity index (χ2v) is 6.74. The van der Waals surface area contributed by atoms with Crippen LogP contribution in [0.4, 0.5) is 4.79 Å². The van der Waals surface area contributed by atoms with Crippen molar-refractivity contribution in [1.82, 2.24) is 5.32 Å². The van der Waals surface area contributed by atoms with Gasteiger partial charge >= 0.3 is 6.09 Å². The monoisotopic (exact) mass is 403 g/mol. The van der Waals surface area contributed by atoms with E-state index in [2.05, 4.69) is 5.32 Å². The summed E-state index contributed by atoms with van der Waals surface area (Å²) in [4.78, 5) is 12.2. The third-order valence-corrected chi connectivity index (χ3v) is 4.64. The Morgan fingerprint density at radius 3 is 2.10 bits per heavy atom. The Labute approximate surface area is 168 Å². The Kier molecular flexibility index (Phi) is 7.56. The summed E-state index contributed by atoms with van der Waals surface area (Å²) in [7, 11) is 0. The topological polar surface area (TPSA) is 117 Å². The molecule has 8 heteroatoms. The van der Waals surface area contributed by atoms with Crippen LogP contribution in [0.25, 0.3) is 0 Å². The fourth-order valence-corrected chi connectivity index (χ4v) is 3.03. The first-order valence-corrected chi connectivity index (χ1v) is 9.33. The number of amides is 1. The maximum atomic E-state index is 12.2. The van der Waals surface area contributed by atoms with Gasteiger partial charge in [-0.25, -0.2) is 4.79 Å². The molecule has 1 amide bonds. The van der Waals surface area contributed by atoms with E-state index in [1.54, 1.807) is 0 Å². The number of carbonyl (C=O) groups excluding carboxylic acids is 1. The molecule has 29 heavy (non-hydrogen) atoms. The number of hydrogen-bond donors (Lipinski definition) is 4. The van der Waals surface area contributed by atoms with Crippen molar-refractivity contribution < 1.29 is 34.3 Å². The third-order valence-electron chi connectivity index (χ3n) is 4.64. The molecular formula is C21H25NO7. The number of carbonyl (C=O) groups is 1. The lowest BCUT2D eigenvalue weighted by Gasteiger charge is -2.42. The van der Waals surface area contributed by atoms with Crippen LogP contribution in [0, 0.1) is 0 Å². The molecule has 0 spiro atoms. The summed E-state index contributed by atoms with van der Waals surface area (Å²) in [5, 5.41) is 32.5. The molecule has 0 bridgehead atoms. The Bertz CT molecular complexity index is 758. The Morgan fingerprint density at radius 1 is 0.931 bits per heavy atom. The van der Waals surface area contributed by atoms with Gasteiger partial charge in [-0.1, -0.05) is 60.7 Å². The van der Waals surface area contributed by atoms with Crippen molar-refractivity contribution in [3.63, 3.8) is 0 Å². The van der Waals surface area contributed by atoms with Crippen molar-refractivity contribution in [3.05, 3.63) is 71.8 Å². The molecule has 5 atom stereocenters. The molecule has 1 aliphatic heterocycles. The molecule has 3 rings (SSSR count). The van der Waals surface area contributed by atoms with Gasteiger partial charge in [-0.15, -0.1) is 0 Å². The molecule has 0 saturated carbocycles. The molecule has 0 aliphatic carbocycles. The van der Waals surface area contributed by atoms with Gasteiger partial charge < -0.3 is 34.8 Å². The molecule has 0 aromatic heterocycles. The molecule has 1 saturated heterocycles. The molecule has 1 heterocycles. The van der Waals surface area contributed by atoms with Gasteiger partial charge in [0.05, 0.1) is 13.2 Å². The van der Waals surface area contributed by atoms with Crippen molar-refractivity contribution in [3.8, 4) is 0 Å².